The topological polar surface area (TPSA) is 455 Å². The third-order valence-electron chi connectivity index (χ3n) is 10.3. The van der Waals surface area contributed by atoms with Crippen LogP contribution in [0.4, 0.5) is 12.0 Å². The summed E-state index contributed by atoms with van der Waals surface area (Å²) in [7, 11) is 1.00. The number of nitrogens with two attached hydrogens (primary N) is 6. The average Bonchev–Trinajstić information content (AvgIpc) is 4.06. The van der Waals surface area contributed by atoms with Gasteiger partial charge in [-0.1, -0.05) is 164 Å². The highest BCUT2D eigenvalue weighted by Crippen LogP contribution is 2.28. The smallest absolute Gasteiger partial charge is 0.312 e. The molecule has 5 aromatic rings. The van der Waals surface area contributed by atoms with Crippen LogP contribution in [0.3, 0.4) is 0 Å². The van der Waals surface area contributed by atoms with Crippen molar-refractivity contribution in [3.8, 4) is 4.98 Å². The Labute approximate surface area is 478 Å². The van der Waals surface area contributed by atoms with Gasteiger partial charge in [-0.15, -0.1) is 10.2 Å². The minimum absolute atomic E-state index is 0. The average molecular weight is 1200 g/mol. The number of esters is 3. The highest BCUT2D eigenvalue weighted by Gasteiger charge is 2.28. The van der Waals surface area contributed by atoms with E-state index >= 15 is 0 Å². The van der Waals surface area contributed by atoms with Gasteiger partial charge in [-0.3, -0.25) is 41.1 Å². The molecule has 0 bridgehead atoms. The minimum atomic E-state index is -0.957. The largest absolute Gasteiger partial charge is 0.481 e. The summed E-state index contributed by atoms with van der Waals surface area (Å²) in [6.07, 6.45) is 0.138. The number of ether oxygens (including phenoxy) is 3. The van der Waals surface area contributed by atoms with E-state index in [-0.39, 0.29) is 125 Å². The van der Waals surface area contributed by atoms with Gasteiger partial charge in [-0.05, 0) is 40.4 Å². The van der Waals surface area contributed by atoms with Crippen molar-refractivity contribution in [1.29, 1.82) is 5.26 Å². The Hall–Kier alpha value is -7.03. The summed E-state index contributed by atoms with van der Waals surface area (Å²) in [6.45, 7) is 15.9. The van der Waals surface area contributed by atoms with Crippen molar-refractivity contribution in [3.63, 3.8) is 0 Å². The molecule has 25 nitrogen and oxygen atoms in total. The number of aliphatic hydroxyl groups excluding tert-OH is 1. The second-order valence-electron chi connectivity index (χ2n) is 17.3. The van der Waals surface area contributed by atoms with Crippen molar-refractivity contribution in [3.05, 3.63) is 119 Å². The second-order valence-corrected chi connectivity index (χ2v) is 17.6. The number of aromatic nitrogens is 4. The van der Waals surface area contributed by atoms with Crippen LogP contribution >= 0.6 is 29.4 Å². The zero-order valence-electron chi connectivity index (χ0n) is 45.6. The number of nitrogen functional groups attached to an aromatic ring is 2. The van der Waals surface area contributed by atoms with E-state index in [1.165, 1.54) is 0 Å². The summed E-state index contributed by atoms with van der Waals surface area (Å²) < 4.78 is 25.6. The Bertz CT molecular complexity index is 2380. The van der Waals surface area contributed by atoms with Crippen LogP contribution in [0, 0.1) is 45.7 Å². The van der Waals surface area contributed by atoms with Crippen LogP contribution in [0.1, 0.15) is 123 Å². The van der Waals surface area contributed by atoms with Gasteiger partial charge in [0.05, 0.1) is 43.1 Å². The van der Waals surface area contributed by atoms with E-state index in [1.807, 2.05) is 133 Å². The number of carbonyl (C=O) groups is 5. The van der Waals surface area contributed by atoms with Gasteiger partial charge in [0.1, 0.15) is 24.8 Å². The molecule has 1 amide bonds. The molecular formula is C52H85BrN12O13S. The normalized spacial score (nSPS) is 11.1. The van der Waals surface area contributed by atoms with Crippen LogP contribution in [0.25, 0.3) is 0 Å². The number of halogens is 1. The maximum Gasteiger partial charge on any atom is 0.312 e. The number of nitrogens with zero attached hydrogens (tertiary/aromatic N) is 5. The SMILES string of the molecule is C.CC(C)[C@H](CC(=O)OCc1ccccc1)C(=O)NN.CC(C)[C@H](CC(=O)OCc1ccccc1)C(=O)O.CC(C)[C@H](CC(=O)OCc1ccccc1)c1nnc(N)o1.CC(C)[C@H](N)c1nnc(N)o1.CO.N#CBr.NN.O.S. The maximum atomic E-state index is 12.0. The predicted octanol–water partition coefficient (Wildman–Crippen LogP) is 5.91. The molecule has 79 heavy (non-hydrogen) atoms. The number of hydrogen-bond donors (Lipinski definition) is 9. The third kappa shape index (κ3) is 36.7. The fourth-order valence-electron chi connectivity index (χ4n) is 5.95. The quantitative estimate of drug-likeness (QED) is 0.0144. The van der Waals surface area contributed by atoms with Gasteiger partial charge in [0.2, 0.25) is 17.7 Å². The van der Waals surface area contributed by atoms with Crippen molar-refractivity contribution in [2.75, 3.05) is 18.6 Å². The standard InChI is InChI=1S/C15H19N3O3.C14H20N2O3.C14H18O4.C6H12N4O.CBrN.CH4O.CH4.H4N2.H2O.H2S/c1-10(2)12(14-17-18-15(16)21-14)8-13(19)20-9-11-6-4-3-5-7-11;1-10(2)12(14(18)16-15)8-13(17)19-9-11-6-4-3-5-7-11;1-10(2)12(14(16)17)8-13(15)18-9-11-6-4-3-5-7-11;1-3(2)4(7)5-9-10-6(8)11-5;2-1-3;1-2;;1-2;;/h3-7,10,12H,8-9H2,1-2H3,(H2,16,18);3-7,10,12H,8-9,15H2,1-2H3,(H,16,18);3-7,10,12H,8-9H2,1-2H3,(H,16,17);3-4H,7H2,1-2H3,(H2,8,10);;2H,1H3;1H4;1-2H2;2*1H2/t3*12-;4-;;;;;;/m0000....../s1. The molecule has 3 aromatic carbocycles. The molecule has 2 aromatic heterocycles. The molecule has 0 aliphatic heterocycles. The Morgan fingerprint density at radius 3 is 1.19 bits per heavy atom. The number of carboxylic acid groups (broad SMARTS) is 1. The van der Waals surface area contributed by atoms with E-state index in [0.717, 1.165) is 23.8 Å². The number of aliphatic carboxylic acids is 1. The molecule has 5 rings (SSSR count). The molecule has 4 atom stereocenters. The van der Waals surface area contributed by atoms with Crippen molar-refractivity contribution >= 4 is 71.2 Å². The Balaban J connectivity index is -0.000000297. The zero-order chi connectivity index (χ0) is 58.2. The monoisotopic (exact) mass is 1200 g/mol. The number of carbonyl (C=O) groups excluding carboxylic acids is 4. The molecule has 0 aliphatic rings. The lowest BCUT2D eigenvalue weighted by Crippen LogP contribution is -2.39. The number of anilines is 2. The highest BCUT2D eigenvalue weighted by molar-refractivity contribution is 9.12. The molecule has 0 unspecified atom stereocenters. The summed E-state index contributed by atoms with van der Waals surface area (Å²) >= 11 is 2.45. The van der Waals surface area contributed by atoms with Crippen molar-refractivity contribution in [2.24, 2.45) is 58.8 Å². The second kappa shape index (κ2) is 48.1. The van der Waals surface area contributed by atoms with Crippen LogP contribution < -0.4 is 40.2 Å². The van der Waals surface area contributed by atoms with E-state index < -0.39 is 29.7 Å². The zero-order valence-corrected chi connectivity index (χ0v) is 48.2. The molecule has 0 saturated carbocycles. The molecule has 444 valence electrons. The lowest BCUT2D eigenvalue weighted by Gasteiger charge is -2.17. The molecular weight excluding hydrogens is 1110 g/mol. The molecule has 0 aliphatic carbocycles. The Morgan fingerprint density at radius 2 is 0.924 bits per heavy atom. The van der Waals surface area contributed by atoms with Crippen molar-refractivity contribution in [2.45, 2.75) is 114 Å². The third-order valence-corrected chi connectivity index (χ3v) is 10.3. The minimum Gasteiger partial charge on any atom is -0.481 e. The van der Waals surface area contributed by atoms with E-state index in [1.54, 1.807) is 18.8 Å². The fraction of sp³-hybridized carbons (Fsp3) is 0.462. The number of amides is 1. The molecule has 27 heteroatoms. The van der Waals surface area contributed by atoms with Crippen LogP contribution in [-0.2, 0) is 58.0 Å². The van der Waals surface area contributed by atoms with Gasteiger partial charge in [-0.25, -0.2) is 5.84 Å². The molecule has 0 saturated heterocycles. The molecule has 17 N–H and O–H groups in total. The van der Waals surface area contributed by atoms with Gasteiger partial charge in [0.15, 0.2) is 0 Å². The fourth-order valence-corrected chi connectivity index (χ4v) is 5.95. The van der Waals surface area contributed by atoms with E-state index in [0.29, 0.717) is 11.8 Å². The lowest BCUT2D eigenvalue weighted by atomic mass is 9.92. The number of nitrogens with one attached hydrogen (secondary N) is 1. The molecule has 2 heterocycles. The van der Waals surface area contributed by atoms with Crippen molar-refractivity contribution < 1.29 is 62.7 Å². The predicted molar refractivity (Wildman–Crippen MR) is 308 cm³/mol. The summed E-state index contributed by atoms with van der Waals surface area (Å²) in [5, 5.41) is 37.9. The van der Waals surface area contributed by atoms with Crippen LogP contribution in [0.2, 0.25) is 0 Å². The van der Waals surface area contributed by atoms with Gasteiger partial charge in [0, 0.05) is 23.0 Å². The number of benzene rings is 3. The van der Waals surface area contributed by atoms with Crippen molar-refractivity contribution in [1.82, 2.24) is 25.8 Å². The first-order valence-electron chi connectivity index (χ1n) is 23.7. The maximum absolute atomic E-state index is 12.0. The summed E-state index contributed by atoms with van der Waals surface area (Å²) in [4.78, 5) is 59.3. The first-order valence-corrected chi connectivity index (χ1v) is 24.5. The Morgan fingerprint density at radius 1 is 0.608 bits per heavy atom. The summed E-state index contributed by atoms with van der Waals surface area (Å²) in [5.41, 5.74) is 21.2. The van der Waals surface area contributed by atoms with Gasteiger partial charge < -0.3 is 55.9 Å². The molecule has 0 radical (unpaired) electrons. The number of rotatable bonds is 20. The van der Waals surface area contributed by atoms with Gasteiger partial charge >= 0.3 is 35.9 Å². The number of carboxylic acids is 1. The van der Waals surface area contributed by atoms with E-state index in [4.69, 9.17) is 61.6 Å². The van der Waals surface area contributed by atoms with Crippen LogP contribution in [0.5, 0.6) is 0 Å². The van der Waals surface area contributed by atoms with Crippen LogP contribution in [-0.4, -0.2) is 73.0 Å². The van der Waals surface area contributed by atoms with E-state index in [9.17, 15) is 24.0 Å². The molecule has 0 spiro atoms. The first-order chi connectivity index (χ1) is 36.1. The number of aliphatic hydroxyl groups is 1. The van der Waals surface area contributed by atoms with E-state index in [2.05, 4.69) is 53.4 Å². The van der Waals surface area contributed by atoms with Crippen LogP contribution in [0.15, 0.2) is 99.8 Å². The lowest BCUT2D eigenvalue weighted by molar-refractivity contribution is -0.153. The number of hydrogen-bond acceptors (Lipinski definition) is 22. The van der Waals surface area contributed by atoms with Gasteiger partial charge in [-0.2, -0.15) is 18.8 Å². The molecule has 0 fully saturated rings. The summed E-state index contributed by atoms with van der Waals surface area (Å²) in [6, 6.07) is 28.1. The summed E-state index contributed by atoms with van der Waals surface area (Å²) in [5.74, 6) is 10.4. The highest BCUT2D eigenvalue weighted by atomic mass is 79.9. The Kier molecular flexibility index (Phi) is 49.2. The number of hydrazine groups is 2. The first kappa shape index (κ1) is 80.8. The van der Waals surface area contributed by atoms with Gasteiger partial charge in [0.25, 0.3) is 0 Å². The number of nitriles is 1.